The van der Waals surface area contributed by atoms with Gasteiger partial charge in [0.2, 0.25) is 0 Å². The van der Waals surface area contributed by atoms with Crippen molar-refractivity contribution in [3.63, 3.8) is 0 Å². The summed E-state index contributed by atoms with van der Waals surface area (Å²) in [5.74, 6) is 0.340. The minimum absolute atomic E-state index is 0.0937. The molecule has 0 aromatic heterocycles. The van der Waals surface area contributed by atoms with E-state index in [1.165, 1.54) is 13.4 Å². The Bertz CT molecular complexity index is 389. The van der Waals surface area contributed by atoms with Gasteiger partial charge in [0, 0.05) is 18.6 Å². The maximum absolute atomic E-state index is 11.9. The quantitative estimate of drug-likeness (QED) is 0.661. The normalized spacial score (nSPS) is 19.3. The maximum atomic E-state index is 11.9. The second-order valence-electron chi connectivity index (χ2n) is 5.36. The Morgan fingerprint density at radius 3 is 2.44 bits per heavy atom. The molecule has 6 heteroatoms. The monoisotopic (exact) mass is 277 g/mol. The topological polar surface area (TPSA) is 86.5 Å². The molecule has 0 saturated heterocycles. The minimum atomic E-state index is -2.99. The number of rotatable bonds is 8. The molecule has 0 heterocycles. The molecule has 1 atom stereocenters. The molecule has 1 saturated carbocycles. The molecular formula is C12H23NO4S. The largest absolute Gasteiger partial charge is 0.469 e. The lowest BCUT2D eigenvalue weighted by Gasteiger charge is -2.29. The Kier molecular flexibility index (Phi) is 5.16. The third kappa shape index (κ3) is 4.57. The number of methoxy groups -OCH3 is 1. The lowest BCUT2D eigenvalue weighted by Crippen LogP contribution is -2.40. The van der Waals surface area contributed by atoms with Crippen LogP contribution in [0, 0.1) is 11.3 Å². The molecule has 0 aliphatic heterocycles. The van der Waals surface area contributed by atoms with E-state index >= 15 is 0 Å². The highest BCUT2D eigenvalue weighted by Crippen LogP contribution is 2.43. The van der Waals surface area contributed by atoms with Crippen LogP contribution in [0.15, 0.2) is 0 Å². The molecule has 1 fully saturated rings. The summed E-state index contributed by atoms with van der Waals surface area (Å²) < 4.78 is 27.1. The smallest absolute Gasteiger partial charge is 0.313 e. The van der Waals surface area contributed by atoms with Gasteiger partial charge >= 0.3 is 5.97 Å². The van der Waals surface area contributed by atoms with Crippen LogP contribution in [0.5, 0.6) is 0 Å². The summed E-state index contributed by atoms with van der Waals surface area (Å²) in [6.07, 6.45) is 5.13. The van der Waals surface area contributed by atoms with Crippen LogP contribution in [-0.4, -0.2) is 40.1 Å². The number of hydrogen-bond donors (Lipinski definition) is 1. The lowest BCUT2D eigenvalue weighted by molar-refractivity contribution is -0.153. The Morgan fingerprint density at radius 1 is 1.44 bits per heavy atom. The first-order valence-corrected chi connectivity index (χ1v) is 8.35. The van der Waals surface area contributed by atoms with Crippen molar-refractivity contribution in [3.05, 3.63) is 0 Å². The number of hydrogen-bond acceptors (Lipinski definition) is 5. The number of carbonyl (C=O) groups excluding carboxylic acids is 1. The summed E-state index contributed by atoms with van der Waals surface area (Å²) >= 11 is 0. The highest BCUT2D eigenvalue weighted by Gasteiger charge is 2.42. The zero-order valence-corrected chi connectivity index (χ0v) is 12.0. The number of ether oxygens (including phenoxy) is 1. The van der Waals surface area contributed by atoms with Crippen molar-refractivity contribution in [2.75, 3.05) is 25.7 Å². The maximum Gasteiger partial charge on any atom is 0.313 e. The van der Waals surface area contributed by atoms with Gasteiger partial charge in [-0.05, 0) is 25.2 Å². The summed E-state index contributed by atoms with van der Waals surface area (Å²) in [5, 5.41) is 0. The van der Waals surface area contributed by atoms with Crippen LogP contribution >= 0.6 is 0 Å². The number of carbonyl (C=O) groups is 1. The van der Waals surface area contributed by atoms with Crippen LogP contribution in [0.2, 0.25) is 0 Å². The van der Waals surface area contributed by atoms with Crippen molar-refractivity contribution in [1.29, 1.82) is 0 Å². The van der Waals surface area contributed by atoms with Crippen LogP contribution in [0.25, 0.3) is 0 Å². The van der Waals surface area contributed by atoms with E-state index in [1.54, 1.807) is 0 Å². The molecule has 0 amide bonds. The van der Waals surface area contributed by atoms with E-state index in [9.17, 15) is 13.2 Å². The summed E-state index contributed by atoms with van der Waals surface area (Å²) in [4.78, 5) is 11.9. The van der Waals surface area contributed by atoms with Gasteiger partial charge in [0.1, 0.15) is 9.84 Å². The highest BCUT2D eigenvalue weighted by molar-refractivity contribution is 7.90. The van der Waals surface area contributed by atoms with E-state index in [-0.39, 0.29) is 18.3 Å². The van der Waals surface area contributed by atoms with Crippen molar-refractivity contribution in [2.24, 2.45) is 17.1 Å². The van der Waals surface area contributed by atoms with Crippen LogP contribution in [0.3, 0.4) is 0 Å². The number of sulfone groups is 1. The zero-order chi connectivity index (χ0) is 13.8. The molecule has 1 rings (SSSR count). The van der Waals surface area contributed by atoms with Crippen LogP contribution < -0.4 is 5.73 Å². The highest BCUT2D eigenvalue weighted by atomic mass is 32.2. The fraction of sp³-hybridized carbons (Fsp3) is 0.917. The average molecular weight is 277 g/mol. The minimum Gasteiger partial charge on any atom is -0.469 e. The molecule has 0 aromatic rings. The standard InChI is InChI=1S/C12H23NO4S/c1-17-11(14)12(9-13,8-10-4-5-10)6-3-7-18(2,15)16/h10H,3-9,13H2,1-2H3. The first-order chi connectivity index (χ1) is 8.33. The predicted octanol–water partition coefficient (Wildman–Crippen LogP) is 0.729. The summed E-state index contributed by atoms with van der Waals surface area (Å²) in [6.45, 7) is 0.222. The number of esters is 1. The summed E-state index contributed by atoms with van der Waals surface area (Å²) in [7, 11) is -1.64. The molecule has 0 radical (unpaired) electrons. The predicted molar refractivity (Wildman–Crippen MR) is 69.8 cm³/mol. The molecule has 0 bridgehead atoms. The Hall–Kier alpha value is -0.620. The molecular weight excluding hydrogens is 254 g/mol. The van der Waals surface area contributed by atoms with Crippen LogP contribution in [-0.2, 0) is 19.4 Å². The van der Waals surface area contributed by atoms with Crippen molar-refractivity contribution < 1.29 is 17.9 Å². The molecule has 2 N–H and O–H groups in total. The van der Waals surface area contributed by atoms with Crippen molar-refractivity contribution in [2.45, 2.75) is 32.1 Å². The molecule has 1 unspecified atom stereocenters. The fourth-order valence-electron chi connectivity index (χ4n) is 2.32. The van der Waals surface area contributed by atoms with Gasteiger partial charge in [0.15, 0.2) is 0 Å². The molecule has 1 aliphatic rings. The molecule has 5 nitrogen and oxygen atoms in total. The van der Waals surface area contributed by atoms with Gasteiger partial charge in [-0.25, -0.2) is 8.42 Å². The molecule has 106 valence electrons. The van der Waals surface area contributed by atoms with E-state index in [0.717, 1.165) is 19.3 Å². The van der Waals surface area contributed by atoms with Crippen molar-refractivity contribution >= 4 is 15.8 Å². The first kappa shape index (κ1) is 15.4. The van der Waals surface area contributed by atoms with E-state index in [0.29, 0.717) is 18.8 Å². The molecule has 18 heavy (non-hydrogen) atoms. The van der Waals surface area contributed by atoms with Gasteiger partial charge in [-0.3, -0.25) is 4.79 Å². The van der Waals surface area contributed by atoms with Gasteiger partial charge in [-0.15, -0.1) is 0 Å². The van der Waals surface area contributed by atoms with Crippen LogP contribution in [0.4, 0.5) is 0 Å². The Balaban J connectivity index is 2.65. The number of nitrogens with two attached hydrogens (primary N) is 1. The second-order valence-corrected chi connectivity index (χ2v) is 7.62. The first-order valence-electron chi connectivity index (χ1n) is 6.29. The second kappa shape index (κ2) is 6.02. The average Bonchev–Trinajstić information content (AvgIpc) is 3.08. The van der Waals surface area contributed by atoms with Gasteiger partial charge in [-0.2, -0.15) is 0 Å². The summed E-state index contributed by atoms with van der Waals surface area (Å²) in [6, 6.07) is 0. The van der Waals surface area contributed by atoms with Gasteiger partial charge < -0.3 is 10.5 Å². The third-order valence-electron chi connectivity index (χ3n) is 3.56. The SMILES string of the molecule is COC(=O)C(CN)(CCCS(C)(=O)=O)CC1CC1. The molecule has 0 spiro atoms. The van der Waals surface area contributed by atoms with Crippen molar-refractivity contribution in [1.82, 2.24) is 0 Å². The van der Waals surface area contributed by atoms with Gasteiger partial charge in [-0.1, -0.05) is 12.8 Å². The Morgan fingerprint density at radius 2 is 2.06 bits per heavy atom. The van der Waals surface area contributed by atoms with E-state index in [4.69, 9.17) is 10.5 Å². The zero-order valence-electron chi connectivity index (χ0n) is 11.1. The molecule has 0 aromatic carbocycles. The summed E-state index contributed by atoms with van der Waals surface area (Å²) in [5.41, 5.74) is 5.07. The van der Waals surface area contributed by atoms with Gasteiger partial charge in [0.05, 0.1) is 12.5 Å². The van der Waals surface area contributed by atoms with E-state index in [1.807, 2.05) is 0 Å². The van der Waals surface area contributed by atoms with E-state index in [2.05, 4.69) is 0 Å². The van der Waals surface area contributed by atoms with Gasteiger partial charge in [0.25, 0.3) is 0 Å². The third-order valence-corrected chi connectivity index (χ3v) is 4.59. The Labute approximate surface area is 109 Å². The lowest BCUT2D eigenvalue weighted by atomic mass is 9.78. The van der Waals surface area contributed by atoms with E-state index < -0.39 is 15.3 Å². The molecule has 1 aliphatic carbocycles. The fourth-order valence-corrected chi connectivity index (χ4v) is 2.99. The van der Waals surface area contributed by atoms with Crippen LogP contribution in [0.1, 0.15) is 32.1 Å². The van der Waals surface area contributed by atoms with Crippen molar-refractivity contribution in [3.8, 4) is 0 Å².